The lowest BCUT2D eigenvalue weighted by molar-refractivity contribution is -0.188. The highest BCUT2D eigenvalue weighted by atomic mass is 32.3. The number of aromatic carboxylic acids is 1. The standard InChI is InChI=1S/C32H35N9O14S4/c1-19-2-4-20(5-3-19)36-39-29-26(32(43)44)30(40-38-24-11-8-22(18-25(24)58(47,48)49)56-55-53-15-13-35-12-14-42)28(34)31(27(29)33)41-37-21-6-9-23(10-7-21)57(45,46)17-16-54-59(50,51)52/h2-11,18,35,42H,12-17,33-34H2,1H3,(H,43,44)(H,47,48,49)(H,50,51,52)/b39-36?,40-38?,41-37-. The molecule has 0 aliphatic rings. The lowest BCUT2D eigenvalue weighted by Crippen LogP contribution is -2.22. The number of anilines is 2. The first-order chi connectivity index (χ1) is 27.8. The van der Waals surface area contributed by atoms with Crippen LogP contribution in [0, 0.1) is 6.92 Å². The molecule has 0 saturated carbocycles. The zero-order chi connectivity index (χ0) is 43.4. The number of azo groups is 3. The van der Waals surface area contributed by atoms with Gasteiger partial charge in [0.05, 0.1) is 65.3 Å². The van der Waals surface area contributed by atoms with Gasteiger partial charge in [0.2, 0.25) is 0 Å². The number of nitrogens with two attached hydrogens (primary N) is 2. The van der Waals surface area contributed by atoms with E-state index in [1.165, 1.54) is 18.2 Å². The third kappa shape index (κ3) is 13.6. The van der Waals surface area contributed by atoms with Gasteiger partial charge >= 0.3 is 16.4 Å². The quantitative estimate of drug-likeness (QED) is 0.0103. The van der Waals surface area contributed by atoms with Gasteiger partial charge in [0, 0.05) is 18.0 Å². The van der Waals surface area contributed by atoms with E-state index in [1.807, 2.05) is 6.92 Å². The maximum atomic E-state index is 12.8. The molecular weight excluding hydrogens is 863 g/mol. The second kappa shape index (κ2) is 20.6. The molecule has 9 N–H and O–H groups in total. The summed E-state index contributed by atoms with van der Waals surface area (Å²) >= 11 is 0.598. The summed E-state index contributed by atoms with van der Waals surface area (Å²) in [4.78, 5) is 16.8. The van der Waals surface area contributed by atoms with Crippen LogP contribution in [0.5, 0.6) is 0 Å². The van der Waals surface area contributed by atoms with E-state index in [0.29, 0.717) is 25.1 Å². The van der Waals surface area contributed by atoms with E-state index >= 15 is 0 Å². The molecule has 0 aliphatic heterocycles. The van der Waals surface area contributed by atoms with Crippen molar-refractivity contribution in [1.82, 2.24) is 5.32 Å². The van der Waals surface area contributed by atoms with Crippen LogP contribution < -0.4 is 16.8 Å². The molecule has 27 heteroatoms. The van der Waals surface area contributed by atoms with E-state index in [0.717, 1.165) is 29.8 Å². The van der Waals surface area contributed by atoms with Gasteiger partial charge in [0.15, 0.2) is 9.84 Å². The van der Waals surface area contributed by atoms with Gasteiger partial charge in [-0.1, -0.05) is 17.7 Å². The summed E-state index contributed by atoms with van der Waals surface area (Å²) in [5.41, 5.74) is 10.2. The van der Waals surface area contributed by atoms with Crippen LogP contribution in [0.1, 0.15) is 15.9 Å². The molecular formula is C32H35N9O14S4. The van der Waals surface area contributed by atoms with Gasteiger partial charge in [-0.25, -0.2) is 22.3 Å². The Morgan fingerprint density at radius 3 is 1.90 bits per heavy atom. The van der Waals surface area contributed by atoms with Crippen molar-refractivity contribution in [2.24, 2.45) is 30.7 Å². The van der Waals surface area contributed by atoms with Crippen molar-refractivity contribution in [2.75, 3.05) is 50.1 Å². The summed E-state index contributed by atoms with van der Waals surface area (Å²) in [5.74, 6) is -2.46. The Balaban J connectivity index is 1.77. The number of aryl methyl sites for hydroxylation is 1. The van der Waals surface area contributed by atoms with Gasteiger partial charge in [-0.3, -0.25) is 9.11 Å². The Labute approximate surface area is 341 Å². The fourth-order valence-electron chi connectivity index (χ4n) is 4.54. The minimum atomic E-state index is -4.98. The molecule has 0 heterocycles. The SMILES string of the molecule is Cc1ccc(N=Nc2c(N)c(/N=N\c3ccc(S(=O)(=O)CCOS(=O)(=O)O)cc3)c(N)c(N=Nc3ccc(SOOCCNCCO)cc3S(=O)(=O)O)c2C(=O)O)cc1. The average Bonchev–Trinajstić information content (AvgIpc) is 3.16. The minimum Gasteiger partial charge on any atom is -0.478 e. The maximum absolute atomic E-state index is 12.8. The Hall–Kier alpha value is -5.33. The van der Waals surface area contributed by atoms with Crippen LogP contribution in [0.2, 0.25) is 0 Å². The zero-order valence-corrected chi connectivity index (χ0v) is 33.7. The summed E-state index contributed by atoms with van der Waals surface area (Å²) in [6, 6.07) is 14.7. The molecule has 23 nitrogen and oxygen atoms in total. The predicted octanol–water partition coefficient (Wildman–Crippen LogP) is 5.48. The fraction of sp³-hybridized carbons (Fsp3) is 0.219. The number of benzene rings is 4. The molecule has 0 amide bonds. The lowest BCUT2D eigenvalue weighted by Gasteiger charge is -2.13. The third-order valence-corrected chi connectivity index (χ3v) is 11.0. The minimum absolute atomic E-state index is 0.0220. The number of nitrogens with one attached hydrogen (secondary N) is 1. The van der Waals surface area contributed by atoms with Crippen molar-refractivity contribution in [3.63, 3.8) is 0 Å². The highest BCUT2D eigenvalue weighted by molar-refractivity contribution is 7.94. The third-order valence-electron chi connectivity index (χ3n) is 7.35. The van der Waals surface area contributed by atoms with Gasteiger partial charge in [0.1, 0.15) is 33.2 Å². The molecule has 0 saturated heterocycles. The van der Waals surface area contributed by atoms with Gasteiger partial charge in [0.25, 0.3) is 10.1 Å². The van der Waals surface area contributed by atoms with Crippen LogP contribution in [0.25, 0.3) is 0 Å². The first-order valence-electron chi connectivity index (χ1n) is 16.4. The Morgan fingerprint density at radius 2 is 1.34 bits per heavy atom. The number of nitrogen functional groups attached to an aromatic ring is 2. The molecule has 0 unspecified atom stereocenters. The first kappa shape index (κ1) is 46.4. The fourth-order valence-corrected chi connectivity index (χ4v) is 7.23. The Kier molecular flexibility index (Phi) is 16.2. The van der Waals surface area contributed by atoms with Crippen LogP contribution in [-0.2, 0) is 43.8 Å². The summed E-state index contributed by atoms with van der Waals surface area (Å²) < 4.78 is 99.3. The molecule has 4 aromatic carbocycles. The number of hydrogen-bond acceptors (Lipinski definition) is 21. The van der Waals surface area contributed by atoms with E-state index in [4.69, 9.17) is 30.3 Å². The molecule has 4 aromatic rings. The highest BCUT2D eigenvalue weighted by Crippen LogP contribution is 2.49. The molecule has 59 heavy (non-hydrogen) atoms. The molecule has 0 atom stereocenters. The average molecular weight is 898 g/mol. The normalized spacial score (nSPS) is 12.6. The molecule has 0 aliphatic carbocycles. The van der Waals surface area contributed by atoms with Gasteiger partial charge in [-0.2, -0.15) is 31.4 Å². The Bertz CT molecular complexity index is 2570. The number of sulfone groups is 1. The van der Waals surface area contributed by atoms with E-state index in [9.17, 15) is 39.7 Å². The number of aliphatic hydroxyl groups excluding tert-OH is 1. The number of rotatable bonds is 21. The molecule has 0 spiro atoms. The highest BCUT2D eigenvalue weighted by Gasteiger charge is 2.27. The van der Waals surface area contributed by atoms with Crippen molar-refractivity contribution in [1.29, 1.82) is 0 Å². The molecule has 0 fully saturated rings. The second-order valence-electron chi connectivity index (χ2n) is 11.6. The topological polar surface area (TPSA) is 366 Å². The first-order valence-corrected chi connectivity index (χ1v) is 21.6. The van der Waals surface area contributed by atoms with Crippen LogP contribution in [0.15, 0.2) is 112 Å². The van der Waals surface area contributed by atoms with Crippen molar-refractivity contribution < 1.29 is 62.8 Å². The number of aliphatic hydroxyl groups is 1. The number of carboxylic acids is 1. The van der Waals surface area contributed by atoms with Gasteiger partial charge in [-0.15, -0.1) is 20.5 Å². The monoisotopic (exact) mass is 897 g/mol. The van der Waals surface area contributed by atoms with Crippen molar-refractivity contribution in [3.8, 4) is 0 Å². The number of carbonyl (C=O) groups is 1. The number of nitrogens with zero attached hydrogens (tertiary/aromatic N) is 6. The van der Waals surface area contributed by atoms with Crippen LogP contribution in [-0.4, -0.2) is 89.2 Å². The van der Waals surface area contributed by atoms with E-state index in [1.54, 1.807) is 24.3 Å². The molecule has 0 aromatic heterocycles. The van der Waals surface area contributed by atoms with E-state index < -0.39 is 93.3 Å². The van der Waals surface area contributed by atoms with E-state index in [-0.39, 0.29) is 34.4 Å². The van der Waals surface area contributed by atoms with Gasteiger partial charge < -0.3 is 27.0 Å². The second-order valence-corrected chi connectivity index (χ2v) is 17.0. The van der Waals surface area contributed by atoms with Crippen molar-refractivity contribution in [2.45, 2.75) is 21.6 Å². The molecule has 4 rings (SSSR count). The summed E-state index contributed by atoms with van der Waals surface area (Å²) in [6.45, 7) is 1.64. The van der Waals surface area contributed by atoms with Gasteiger partial charge in [-0.05, 0) is 61.5 Å². The van der Waals surface area contributed by atoms with Crippen molar-refractivity contribution in [3.05, 3.63) is 77.9 Å². The van der Waals surface area contributed by atoms with Crippen LogP contribution >= 0.6 is 12.0 Å². The molecule has 0 radical (unpaired) electrons. The molecule has 316 valence electrons. The molecule has 0 bridgehead atoms. The van der Waals surface area contributed by atoms with Crippen molar-refractivity contribution >= 4 is 93.9 Å². The Morgan fingerprint density at radius 1 is 0.763 bits per heavy atom. The largest absolute Gasteiger partial charge is 0.478 e. The maximum Gasteiger partial charge on any atom is 0.397 e. The summed E-state index contributed by atoms with van der Waals surface area (Å²) in [7, 11) is -13.9. The lowest BCUT2D eigenvalue weighted by atomic mass is 10.1. The predicted molar refractivity (Wildman–Crippen MR) is 211 cm³/mol. The zero-order valence-electron chi connectivity index (χ0n) is 30.4. The van der Waals surface area contributed by atoms with Crippen LogP contribution in [0.3, 0.4) is 0 Å². The summed E-state index contributed by atoms with van der Waals surface area (Å²) in [5, 5.41) is 46.0. The number of hydrogen-bond donors (Lipinski definition) is 7. The smallest absolute Gasteiger partial charge is 0.397 e. The van der Waals surface area contributed by atoms with E-state index in [2.05, 4.69) is 40.2 Å². The number of carboxylic acid groups (broad SMARTS) is 1. The summed E-state index contributed by atoms with van der Waals surface area (Å²) in [6.07, 6.45) is 0. The van der Waals surface area contributed by atoms with Crippen LogP contribution in [0.4, 0.5) is 45.5 Å².